The highest BCUT2D eigenvalue weighted by Crippen LogP contribution is 2.30. The molecule has 0 radical (unpaired) electrons. The Morgan fingerprint density at radius 3 is 2.65 bits per heavy atom. The van der Waals surface area contributed by atoms with Gasteiger partial charge in [-0.1, -0.05) is 23.7 Å². The second kappa shape index (κ2) is 7.79. The average molecular weight is 374 g/mol. The molecule has 5 nitrogen and oxygen atoms in total. The lowest BCUT2D eigenvalue weighted by atomic mass is 9.95. The average Bonchev–Trinajstić information content (AvgIpc) is 2.66. The zero-order chi connectivity index (χ0) is 18.7. The molecule has 0 spiro atoms. The van der Waals surface area contributed by atoms with Crippen molar-refractivity contribution in [1.29, 1.82) is 0 Å². The van der Waals surface area contributed by atoms with Crippen molar-refractivity contribution in [3.63, 3.8) is 0 Å². The van der Waals surface area contributed by atoms with Crippen LogP contribution in [0.4, 0.5) is 0 Å². The van der Waals surface area contributed by atoms with E-state index in [0.29, 0.717) is 30.2 Å². The van der Waals surface area contributed by atoms with Crippen LogP contribution in [0.25, 0.3) is 0 Å². The third kappa shape index (κ3) is 3.99. The number of halogens is 1. The van der Waals surface area contributed by atoms with Crippen LogP contribution in [0.3, 0.4) is 0 Å². The van der Waals surface area contributed by atoms with Crippen LogP contribution in [0.5, 0.6) is 5.75 Å². The molecule has 0 bridgehead atoms. The van der Waals surface area contributed by atoms with E-state index in [2.05, 4.69) is 4.74 Å². The van der Waals surface area contributed by atoms with Gasteiger partial charge >= 0.3 is 5.97 Å². The van der Waals surface area contributed by atoms with Gasteiger partial charge in [-0.25, -0.2) is 4.79 Å². The van der Waals surface area contributed by atoms with Crippen molar-refractivity contribution in [1.82, 2.24) is 4.90 Å². The molecule has 0 saturated heterocycles. The van der Waals surface area contributed by atoms with Crippen LogP contribution in [-0.2, 0) is 22.5 Å². The van der Waals surface area contributed by atoms with Crippen LogP contribution < -0.4 is 4.74 Å². The number of hydrogen-bond acceptors (Lipinski definition) is 4. The molecule has 0 aromatic heterocycles. The highest BCUT2D eigenvalue weighted by atomic mass is 35.5. The molecule has 1 unspecified atom stereocenters. The van der Waals surface area contributed by atoms with Gasteiger partial charge in [0.2, 0.25) is 5.91 Å². The van der Waals surface area contributed by atoms with Crippen molar-refractivity contribution in [2.45, 2.75) is 13.0 Å². The highest BCUT2D eigenvalue weighted by molar-refractivity contribution is 6.30. The minimum Gasteiger partial charge on any atom is -0.492 e. The molecule has 0 saturated carbocycles. The first-order valence-electron chi connectivity index (χ1n) is 8.31. The lowest BCUT2D eigenvalue weighted by Crippen LogP contribution is -2.38. The Balaban J connectivity index is 1.64. The summed E-state index contributed by atoms with van der Waals surface area (Å²) in [5.41, 5.74) is 2.38. The van der Waals surface area contributed by atoms with Crippen molar-refractivity contribution in [3.05, 3.63) is 64.2 Å². The van der Waals surface area contributed by atoms with Gasteiger partial charge in [-0.2, -0.15) is 0 Å². The fraction of sp³-hybridized carbons (Fsp3) is 0.300. The zero-order valence-electron chi connectivity index (χ0n) is 14.7. The number of fused-ring (bicyclic) bond motifs is 1. The Bertz CT molecular complexity index is 819. The highest BCUT2D eigenvalue weighted by Gasteiger charge is 2.28. The summed E-state index contributed by atoms with van der Waals surface area (Å²) in [6.07, 6.45) is 0.611. The fourth-order valence-corrected chi connectivity index (χ4v) is 3.24. The van der Waals surface area contributed by atoms with E-state index in [1.165, 1.54) is 7.11 Å². The van der Waals surface area contributed by atoms with E-state index in [0.717, 1.165) is 16.9 Å². The third-order valence-electron chi connectivity index (χ3n) is 4.45. The van der Waals surface area contributed by atoms with Crippen molar-refractivity contribution in [2.75, 3.05) is 20.8 Å². The van der Waals surface area contributed by atoms with E-state index in [4.69, 9.17) is 16.3 Å². The Kier molecular flexibility index (Phi) is 5.47. The van der Waals surface area contributed by atoms with Crippen molar-refractivity contribution >= 4 is 23.5 Å². The summed E-state index contributed by atoms with van der Waals surface area (Å²) in [6, 6.07) is 12.5. The molecule has 26 heavy (non-hydrogen) atoms. The minimum atomic E-state index is -0.377. The second-order valence-electron chi connectivity index (χ2n) is 6.35. The quantitative estimate of drug-likeness (QED) is 0.771. The maximum Gasteiger partial charge on any atom is 0.337 e. The number of nitrogens with zero attached hydrogens (tertiary/aromatic N) is 1. The van der Waals surface area contributed by atoms with Crippen LogP contribution in [0.15, 0.2) is 42.5 Å². The molecule has 0 N–H and O–H groups in total. The number of hydrogen-bond donors (Lipinski definition) is 0. The van der Waals surface area contributed by atoms with Crippen molar-refractivity contribution in [2.24, 2.45) is 5.92 Å². The molecular formula is C20H20ClNO4. The number of methoxy groups -OCH3 is 1. The topological polar surface area (TPSA) is 55.8 Å². The number of esters is 1. The molecule has 1 atom stereocenters. The molecule has 2 aromatic rings. The van der Waals surface area contributed by atoms with E-state index >= 15 is 0 Å². The zero-order valence-corrected chi connectivity index (χ0v) is 15.5. The van der Waals surface area contributed by atoms with Crippen LogP contribution in [-0.4, -0.2) is 37.5 Å². The van der Waals surface area contributed by atoms with Crippen LogP contribution in [0, 0.1) is 5.92 Å². The van der Waals surface area contributed by atoms with Gasteiger partial charge in [0.15, 0.2) is 0 Å². The molecule has 136 valence electrons. The maximum absolute atomic E-state index is 12.8. The van der Waals surface area contributed by atoms with E-state index in [1.807, 2.05) is 24.3 Å². The van der Waals surface area contributed by atoms with Gasteiger partial charge in [-0.3, -0.25) is 4.79 Å². The summed E-state index contributed by atoms with van der Waals surface area (Å²) in [4.78, 5) is 25.9. The molecule has 3 rings (SSSR count). The van der Waals surface area contributed by atoms with Gasteiger partial charge < -0.3 is 14.4 Å². The molecule has 0 fully saturated rings. The first-order valence-corrected chi connectivity index (χ1v) is 8.69. The van der Waals surface area contributed by atoms with E-state index in [1.54, 1.807) is 30.1 Å². The summed E-state index contributed by atoms with van der Waals surface area (Å²) in [5, 5.41) is 0.638. The number of rotatable bonds is 4. The van der Waals surface area contributed by atoms with Gasteiger partial charge in [0.25, 0.3) is 0 Å². The van der Waals surface area contributed by atoms with Gasteiger partial charge in [0.05, 0.1) is 18.6 Å². The molecule has 1 aliphatic rings. The summed E-state index contributed by atoms with van der Waals surface area (Å²) >= 11 is 6.04. The minimum absolute atomic E-state index is 0.0210. The molecule has 1 amide bonds. The van der Waals surface area contributed by atoms with E-state index in [9.17, 15) is 9.59 Å². The fourth-order valence-electron chi connectivity index (χ4n) is 3.05. The number of carbonyl (C=O) groups excluding carboxylic acids is 2. The van der Waals surface area contributed by atoms with E-state index < -0.39 is 0 Å². The van der Waals surface area contributed by atoms with Gasteiger partial charge in [-0.15, -0.1) is 0 Å². The van der Waals surface area contributed by atoms with Gasteiger partial charge in [-0.05, 0) is 47.9 Å². The van der Waals surface area contributed by atoms with Gasteiger partial charge in [0, 0.05) is 18.6 Å². The largest absolute Gasteiger partial charge is 0.492 e. The Morgan fingerprint density at radius 2 is 1.96 bits per heavy atom. The van der Waals surface area contributed by atoms with Crippen LogP contribution in [0.1, 0.15) is 21.5 Å². The Hall–Kier alpha value is -2.53. The smallest absolute Gasteiger partial charge is 0.337 e. The normalized spacial score (nSPS) is 15.6. The van der Waals surface area contributed by atoms with Crippen molar-refractivity contribution < 1.29 is 19.1 Å². The predicted molar refractivity (Wildman–Crippen MR) is 98.4 cm³/mol. The number of carbonyl (C=O) groups is 2. The van der Waals surface area contributed by atoms with Crippen LogP contribution in [0.2, 0.25) is 5.02 Å². The van der Waals surface area contributed by atoms with Gasteiger partial charge in [0.1, 0.15) is 12.4 Å². The summed E-state index contributed by atoms with van der Waals surface area (Å²) in [7, 11) is 3.12. The summed E-state index contributed by atoms with van der Waals surface area (Å²) < 4.78 is 10.4. The number of amides is 1. The molecule has 0 aliphatic carbocycles. The predicted octanol–water partition coefficient (Wildman–Crippen LogP) is 3.34. The monoisotopic (exact) mass is 373 g/mol. The van der Waals surface area contributed by atoms with Crippen molar-refractivity contribution in [3.8, 4) is 5.75 Å². The number of ether oxygens (including phenoxy) is 2. The molecule has 2 aromatic carbocycles. The lowest BCUT2D eigenvalue weighted by Gasteiger charge is -2.28. The summed E-state index contributed by atoms with van der Waals surface area (Å²) in [6.45, 7) is 0.818. The van der Waals surface area contributed by atoms with E-state index in [-0.39, 0.29) is 17.8 Å². The SMILES string of the molecule is COC(=O)c1ccc(CN(C)C(=O)C2COc3ccc(Cl)cc3C2)cc1. The number of benzene rings is 2. The first kappa shape index (κ1) is 18.3. The second-order valence-corrected chi connectivity index (χ2v) is 6.78. The Morgan fingerprint density at radius 1 is 1.23 bits per heavy atom. The maximum atomic E-state index is 12.8. The first-order chi connectivity index (χ1) is 12.5. The Labute approximate surface area is 157 Å². The standard InChI is InChI=1S/C20H20ClNO4/c1-22(11-13-3-5-14(6-4-13)20(24)25-2)19(23)16-9-15-10-17(21)7-8-18(15)26-12-16/h3-8,10,16H,9,11-12H2,1-2H3. The summed E-state index contributed by atoms with van der Waals surface area (Å²) in [5.74, 6) is 0.199. The molecule has 6 heteroatoms. The molecular weight excluding hydrogens is 354 g/mol. The van der Waals surface area contributed by atoms with Crippen LogP contribution >= 0.6 is 11.6 Å². The molecule has 1 aliphatic heterocycles. The molecule has 1 heterocycles. The lowest BCUT2D eigenvalue weighted by molar-refractivity contribution is -0.136. The third-order valence-corrected chi connectivity index (χ3v) is 4.68.